The molecule has 1 amide bonds. The van der Waals surface area contributed by atoms with Gasteiger partial charge in [-0.3, -0.25) is 4.79 Å². The molecule has 7 nitrogen and oxygen atoms in total. The van der Waals surface area contributed by atoms with Crippen LogP contribution in [0.2, 0.25) is 0 Å². The summed E-state index contributed by atoms with van der Waals surface area (Å²) < 4.78 is 41.3. The number of aromatic nitrogens is 4. The lowest BCUT2D eigenvalue weighted by Crippen LogP contribution is -2.18. The number of tetrazole rings is 1. The monoisotopic (exact) mass is 391 g/mol. The van der Waals surface area contributed by atoms with E-state index in [-0.39, 0.29) is 18.1 Å². The van der Waals surface area contributed by atoms with E-state index in [1.807, 2.05) is 6.07 Å². The molecule has 0 fully saturated rings. The van der Waals surface area contributed by atoms with Gasteiger partial charge in [-0.05, 0) is 46.9 Å². The fourth-order valence-electron chi connectivity index (χ4n) is 2.92. The highest BCUT2D eigenvalue weighted by Crippen LogP contribution is 2.29. The van der Waals surface area contributed by atoms with Crippen LogP contribution in [0.5, 0.6) is 5.75 Å². The molecule has 1 aromatic heterocycles. The van der Waals surface area contributed by atoms with Crippen molar-refractivity contribution >= 4 is 5.91 Å². The van der Waals surface area contributed by atoms with Gasteiger partial charge < -0.3 is 10.5 Å². The summed E-state index contributed by atoms with van der Waals surface area (Å²) in [6, 6.07) is 12.8. The number of hydrogen-bond donors (Lipinski definition) is 2. The average Bonchev–Trinajstić information content (AvgIpc) is 3.14. The van der Waals surface area contributed by atoms with E-state index in [0.29, 0.717) is 23.4 Å². The molecule has 0 aliphatic carbocycles. The number of alkyl halides is 3. The van der Waals surface area contributed by atoms with Crippen LogP contribution in [-0.2, 0) is 11.2 Å². The molecular weight excluding hydrogens is 375 g/mol. The summed E-state index contributed by atoms with van der Waals surface area (Å²) in [5.74, 6) is -0.785. The molecule has 0 saturated carbocycles. The SMILES string of the molecule is NC(=O)CC(Cc1cccc(OC(F)(F)F)c1)c1cccc(-c2nn[nH]n2)c1. The minimum absolute atomic E-state index is 0.0278. The van der Waals surface area contributed by atoms with Gasteiger partial charge in [-0.25, -0.2) is 0 Å². The average molecular weight is 391 g/mol. The second-order valence-corrected chi connectivity index (χ2v) is 6.13. The predicted octanol–water partition coefficient (Wildman–Crippen LogP) is 2.97. The van der Waals surface area contributed by atoms with Gasteiger partial charge in [0.15, 0.2) is 0 Å². The van der Waals surface area contributed by atoms with Crippen LogP contribution in [-0.4, -0.2) is 32.9 Å². The van der Waals surface area contributed by atoms with Crippen molar-refractivity contribution in [2.24, 2.45) is 5.73 Å². The zero-order valence-corrected chi connectivity index (χ0v) is 14.5. The third-order valence-electron chi connectivity index (χ3n) is 4.02. The number of nitrogens with one attached hydrogen (secondary N) is 1. The third kappa shape index (κ3) is 5.29. The summed E-state index contributed by atoms with van der Waals surface area (Å²) in [5, 5.41) is 13.7. The highest BCUT2D eigenvalue weighted by Gasteiger charge is 2.31. The molecule has 0 radical (unpaired) electrons. The number of carbonyl (C=O) groups is 1. The minimum Gasteiger partial charge on any atom is -0.406 e. The first-order valence-electron chi connectivity index (χ1n) is 8.27. The first-order valence-corrected chi connectivity index (χ1v) is 8.27. The lowest BCUT2D eigenvalue weighted by Gasteiger charge is -2.17. The van der Waals surface area contributed by atoms with Crippen molar-refractivity contribution in [3.8, 4) is 17.1 Å². The van der Waals surface area contributed by atoms with Gasteiger partial charge in [0.05, 0.1) is 0 Å². The molecule has 10 heteroatoms. The number of primary amides is 1. The van der Waals surface area contributed by atoms with Gasteiger partial charge in [0.2, 0.25) is 11.7 Å². The number of H-pyrrole nitrogens is 1. The largest absolute Gasteiger partial charge is 0.573 e. The molecule has 0 saturated heterocycles. The van der Waals surface area contributed by atoms with Crippen LogP contribution in [0.25, 0.3) is 11.4 Å². The van der Waals surface area contributed by atoms with Crippen molar-refractivity contribution in [2.45, 2.75) is 25.1 Å². The van der Waals surface area contributed by atoms with Crippen LogP contribution in [0.15, 0.2) is 48.5 Å². The van der Waals surface area contributed by atoms with E-state index >= 15 is 0 Å². The Morgan fingerprint density at radius 3 is 2.64 bits per heavy atom. The van der Waals surface area contributed by atoms with Gasteiger partial charge in [0.1, 0.15) is 5.75 Å². The van der Waals surface area contributed by atoms with Crippen LogP contribution >= 0.6 is 0 Å². The van der Waals surface area contributed by atoms with Gasteiger partial charge in [-0.1, -0.05) is 30.3 Å². The first-order chi connectivity index (χ1) is 13.3. The zero-order chi connectivity index (χ0) is 20.1. The Balaban J connectivity index is 1.86. The number of ether oxygens (including phenoxy) is 1. The van der Waals surface area contributed by atoms with E-state index in [0.717, 1.165) is 5.56 Å². The molecule has 1 unspecified atom stereocenters. The number of nitrogens with zero attached hydrogens (tertiary/aromatic N) is 3. The van der Waals surface area contributed by atoms with Crippen LogP contribution < -0.4 is 10.5 Å². The van der Waals surface area contributed by atoms with Gasteiger partial charge in [-0.2, -0.15) is 5.21 Å². The molecular formula is C18H16F3N5O2. The molecule has 0 aliphatic rings. The quantitative estimate of drug-likeness (QED) is 0.644. The lowest BCUT2D eigenvalue weighted by molar-refractivity contribution is -0.274. The van der Waals surface area contributed by atoms with Gasteiger partial charge in [0, 0.05) is 12.0 Å². The Kier molecular flexibility index (Phi) is 5.57. The van der Waals surface area contributed by atoms with Crippen LogP contribution in [0.3, 0.4) is 0 Å². The Bertz CT molecular complexity index is 944. The fraction of sp³-hybridized carbons (Fsp3) is 0.222. The summed E-state index contributed by atoms with van der Waals surface area (Å²) in [6.45, 7) is 0. The molecule has 2 aromatic carbocycles. The summed E-state index contributed by atoms with van der Waals surface area (Å²) >= 11 is 0. The molecule has 28 heavy (non-hydrogen) atoms. The number of benzene rings is 2. The third-order valence-corrected chi connectivity index (χ3v) is 4.02. The standard InChI is InChI=1S/C18H16F3N5O2/c19-18(20,21)28-15-6-1-3-11(8-15)7-14(10-16(22)27)12-4-2-5-13(9-12)17-23-25-26-24-17/h1-6,8-9,14H,7,10H2,(H2,22,27)(H,23,24,25,26). The van der Waals surface area contributed by atoms with E-state index in [2.05, 4.69) is 25.4 Å². The Hall–Kier alpha value is -3.43. The van der Waals surface area contributed by atoms with Crippen LogP contribution in [0.4, 0.5) is 13.2 Å². The summed E-state index contributed by atoms with van der Waals surface area (Å²) in [7, 11) is 0. The number of amides is 1. The number of rotatable bonds is 7. The maximum Gasteiger partial charge on any atom is 0.573 e. The molecule has 0 bridgehead atoms. The number of carbonyl (C=O) groups excluding carboxylic acids is 1. The summed E-state index contributed by atoms with van der Waals surface area (Å²) in [5.41, 5.74) is 7.43. The van der Waals surface area contributed by atoms with E-state index in [1.54, 1.807) is 24.3 Å². The molecule has 3 aromatic rings. The van der Waals surface area contributed by atoms with Gasteiger partial charge in [0.25, 0.3) is 0 Å². The molecule has 1 atom stereocenters. The van der Waals surface area contributed by atoms with Crippen molar-refractivity contribution in [1.29, 1.82) is 0 Å². The molecule has 3 N–H and O–H groups in total. The highest BCUT2D eigenvalue weighted by molar-refractivity contribution is 5.75. The number of halogens is 3. The summed E-state index contributed by atoms with van der Waals surface area (Å²) in [4.78, 5) is 11.6. The maximum absolute atomic E-state index is 12.4. The number of nitrogens with two attached hydrogens (primary N) is 1. The van der Waals surface area contributed by atoms with Crippen molar-refractivity contribution in [3.63, 3.8) is 0 Å². The molecule has 146 valence electrons. The number of aromatic amines is 1. The van der Waals surface area contributed by atoms with E-state index in [9.17, 15) is 18.0 Å². The van der Waals surface area contributed by atoms with Crippen molar-refractivity contribution in [2.75, 3.05) is 0 Å². The van der Waals surface area contributed by atoms with Crippen molar-refractivity contribution < 1.29 is 22.7 Å². The van der Waals surface area contributed by atoms with Crippen molar-refractivity contribution in [3.05, 3.63) is 59.7 Å². The normalized spacial score (nSPS) is 12.5. The molecule has 3 rings (SSSR count). The van der Waals surface area contributed by atoms with Gasteiger partial charge >= 0.3 is 6.36 Å². The highest BCUT2D eigenvalue weighted by atomic mass is 19.4. The topological polar surface area (TPSA) is 107 Å². The molecule has 0 aliphatic heterocycles. The zero-order valence-electron chi connectivity index (χ0n) is 14.5. The minimum atomic E-state index is -4.77. The lowest BCUT2D eigenvalue weighted by atomic mass is 9.88. The Morgan fingerprint density at radius 2 is 1.96 bits per heavy atom. The second kappa shape index (κ2) is 8.07. The van der Waals surface area contributed by atoms with E-state index in [1.165, 1.54) is 18.2 Å². The molecule has 1 heterocycles. The summed E-state index contributed by atoms with van der Waals surface area (Å²) in [6.07, 6.45) is -4.45. The number of hydrogen-bond acceptors (Lipinski definition) is 5. The predicted molar refractivity (Wildman–Crippen MR) is 93.0 cm³/mol. The van der Waals surface area contributed by atoms with E-state index in [4.69, 9.17) is 5.73 Å². The van der Waals surface area contributed by atoms with Crippen molar-refractivity contribution in [1.82, 2.24) is 20.6 Å². The van der Waals surface area contributed by atoms with E-state index < -0.39 is 12.3 Å². The smallest absolute Gasteiger partial charge is 0.406 e. The maximum atomic E-state index is 12.4. The second-order valence-electron chi connectivity index (χ2n) is 6.13. The Labute approximate surface area is 157 Å². The van der Waals surface area contributed by atoms with Gasteiger partial charge in [-0.15, -0.1) is 23.4 Å². The van der Waals surface area contributed by atoms with Crippen LogP contribution in [0, 0.1) is 0 Å². The fourth-order valence-corrected chi connectivity index (χ4v) is 2.92. The van der Waals surface area contributed by atoms with Crippen LogP contribution in [0.1, 0.15) is 23.5 Å². The first kappa shape index (κ1) is 19.3. The Morgan fingerprint density at radius 1 is 1.18 bits per heavy atom. The molecule has 0 spiro atoms.